The first-order chi connectivity index (χ1) is 12.0. The molecule has 0 bridgehead atoms. The smallest absolute Gasteiger partial charge is 0.430 e. The molecule has 0 aliphatic rings. The van der Waals surface area contributed by atoms with Crippen LogP contribution >= 0.6 is 31.9 Å². The largest absolute Gasteiger partial charge is 0.542 e. The van der Waals surface area contributed by atoms with Gasteiger partial charge in [-0.3, -0.25) is 10.5 Å². The number of nitrogens with one attached hydrogen (secondary N) is 4. The second-order valence-electron chi connectivity index (χ2n) is 4.53. The van der Waals surface area contributed by atoms with Crippen molar-refractivity contribution in [3.63, 3.8) is 0 Å². The van der Waals surface area contributed by atoms with Gasteiger partial charge in [-0.25, -0.2) is 9.97 Å². The third kappa shape index (κ3) is 7.31. The van der Waals surface area contributed by atoms with Crippen molar-refractivity contribution in [3.05, 3.63) is 38.8 Å². The van der Waals surface area contributed by atoms with E-state index in [1.807, 2.05) is 12.2 Å². The number of nitrogens with two attached hydrogens (primary N) is 1. The summed E-state index contributed by atoms with van der Waals surface area (Å²) in [4.78, 5) is 29.2. The van der Waals surface area contributed by atoms with Crippen LogP contribution in [0.2, 0.25) is 0 Å². The number of carbonyl (C=O) groups excluding carboxylic acids is 2. The summed E-state index contributed by atoms with van der Waals surface area (Å²) in [6.45, 7) is 0.423. The van der Waals surface area contributed by atoms with Gasteiger partial charge >= 0.3 is 12.1 Å². The normalized spacial score (nSPS) is 11.1. The molecule has 2 heterocycles. The molecule has 13 heteroatoms. The van der Waals surface area contributed by atoms with Gasteiger partial charge in [0.05, 0.1) is 9.08 Å². The number of H-pyrrole nitrogens is 3. The number of carboxylic acid groups (broad SMARTS) is 1. The molecule has 0 fully saturated rings. The van der Waals surface area contributed by atoms with E-state index in [2.05, 4.69) is 52.1 Å². The molecule has 0 spiro atoms. The van der Waals surface area contributed by atoms with Crippen molar-refractivity contribution in [1.82, 2.24) is 15.3 Å². The van der Waals surface area contributed by atoms with E-state index < -0.39 is 12.1 Å². The number of hydrogen-bond donors (Lipinski definition) is 4. The van der Waals surface area contributed by atoms with Crippen LogP contribution in [0.25, 0.3) is 6.08 Å². The van der Waals surface area contributed by atoms with Crippen molar-refractivity contribution < 1.29 is 32.9 Å². The molecule has 2 aromatic rings. The first-order valence-electron chi connectivity index (χ1n) is 6.63. The van der Waals surface area contributed by atoms with Crippen LogP contribution in [0.15, 0.2) is 27.4 Å². The lowest BCUT2D eigenvalue weighted by Gasteiger charge is -2.03. The summed E-state index contributed by atoms with van der Waals surface area (Å²) in [5.41, 5.74) is 6.83. The van der Waals surface area contributed by atoms with Crippen LogP contribution < -0.4 is 21.1 Å². The molecule has 2 rings (SSSR count). The lowest BCUT2D eigenvalue weighted by atomic mass is 10.4. The zero-order chi connectivity index (χ0) is 19.9. The molecule has 142 valence electrons. The van der Waals surface area contributed by atoms with Gasteiger partial charge in [0.25, 0.3) is 5.91 Å². The Hall–Kier alpha value is -2.28. The molecule has 0 radical (unpaired) electrons. The molecule has 8 nitrogen and oxygen atoms in total. The lowest BCUT2D eigenvalue weighted by molar-refractivity contribution is -0.358. The Labute approximate surface area is 161 Å². The zero-order valence-corrected chi connectivity index (χ0v) is 15.9. The predicted molar refractivity (Wildman–Crippen MR) is 90.4 cm³/mol. The highest BCUT2D eigenvalue weighted by atomic mass is 79.9. The van der Waals surface area contributed by atoms with E-state index in [4.69, 9.17) is 15.6 Å². The van der Waals surface area contributed by atoms with E-state index in [0.29, 0.717) is 18.2 Å². The average Bonchev–Trinajstić information content (AvgIpc) is 3.09. The van der Waals surface area contributed by atoms with Crippen molar-refractivity contribution in [2.75, 3.05) is 12.3 Å². The fourth-order valence-electron chi connectivity index (χ4n) is 1.43. The van der Waals surface area contributed by atoms with Crippen LogP contribution in [0.3, 0.4) is 0 Å². The summed E-state index contributed by atoms with van der Waals surface area (Å²) in [5, 5.41) is 11.5. The highest BCUT2D eigenvalue weighted by Gasteiger charge is 2.28. The maximum Gasteiger partial charge on any atom is 0.430 e. The number of alkyl halides is 3. The van der Waals surface area contributed by atoms with Crippen molar-refractivity contribution >= 4 is 55.8 Å². The van der Waals surface area contributed by atoms with Crippen molar-refractivity contribution in [2.45, 2.75) is 6.18 Å². The van der Waals surface area contributed by atoms with Gasteiger partial charge in [-0.1, -0.05) is 6.08 Å². The minimum atomic E-state index is -5.19. The van der Waals surface area contributed by atoms with Gasteiger partial charge in [0.2, 0.25) is 0 Å². The molecule has 0 saturated carbocycles. The van der Waals surface area contributed by atoms with E-state index in [-0.39, 0.29) is 5.91 Å². The summed E-state index contributed by atoms with van der Waals surface area (Å²) in [5.74, 6) is -2.69. The maximum absolute atomic E-state index is 11.8. The van der Waals surface area contributed by atoms with Crippen LogP contribution in [0.5, 0.6) is 0 Å². The standard InChI is InChI=1S/C11H11Br2N5O.C2HF3O2/c12-7-4-8(18-9(7)13)10(19)15-3-1-2-6-5-16-11(14)17-6;3-2(4,5)1(6)7/h1-2,4-5,18H,3H2,(H,15,19)(H3,14,16,17);(H,6,7)/b2-1+;. The van der Waals surface area contributed by atoms with Crippen molar-refractivity contribution in [1.29, 1.82) is 0 Å². The number of carbonyl (C=O) groups is 2. The SMILES string of the molecule is Nc1[nH]c(/C=C/CNC(=O)c2cc(Br)c(Br)[nH]2)c[nH+]1.O=C([O-])C(F)(F)F. The molecule has 0 aliphatic carbocycles. The Bertz CT molecular complexity index is 782. The molecular formula is C13H12Br2F3N5O3. The van der Waals surface area contributed by atoms with Crippen LogP contribution in [-0.4, -0.2) is 34.6 Å². The van der Waals surface area contributed by atoms with E-state index in [1.165, 1.54) is 0 Å². The minimum absolute atomic E-state index is 0.173. The van der Waals surface area contributed by atoms with Gasteiger partial charge in [0.15, 0.2) is 0 Å². The average molecular weight is 503 g/mol. The summed E-state index contributed by atoms with van der Waals surface area (Å²) in [7, 11) is 0. The quantitative estimate of drug-likeness (QED) is 0.495. The minimum Gasteiger partial charge on any atom is -0.542 e. The molecule has 0 unspecified atom stereocenters. The maximum atomic E-state index is 11.8. The Morgan fingerprint density at radius 1 is 1.35 bits per heavy atom. The number of nitrogen functional groups attached to an aromatic ring is 1. The number of aromatic nitrogens is 3. The Morgan fingerprint density at radius 3 is 2.38 bits per heavy atom. The van der Waals surface area contributed by atoms with Crippen molar-refractivity contribution in [3.8, 4) is 0 Å². The highest BCUT2D eigenvalue weighted by Crippen LogP contribution is 2.22. The van der Waals surface area contributed by atoms with Gasteiger partial charge in [-0.05, 0) is 44.0 Å². The van der Waals surface area contributed by atoms with Gasteiger partial charge in [-0.15, -0.1) is 0 Å². The Morgan fingerprint density at radius 2 is 1.96 bits per heavy atom. The number of halogens is 5. The number of aliphatic carboxylic acids is 1. The predicted octanol–water partition coefficient (Wildman–Crippen LogP) is 1.01. The highest BCUT2D eigenvalue weighted by molar-refractivity contribution is 9.13. The van der Waals surface area contributed by atoms with Crippen LogP contribution in [0.1, 0.15) is 16.2 Å². The number of anilines is 1. The van der Waals surface area contributed by atoms with Gasteiger partial charge in [0, 0.05) is 6.54 Å². The molecule has 0 aliphatic heterocycles. The Balaban J connectivity index is 0.000000412. The zero-order valence-electron chi connectivity index (χ0n) is 12.7. The second-order valence-corrected chi connectivity index (χ2v) is 6.17. The van der Waals surface area contributed by atoms with Gasteiger partial charge < -0.3 is 20.2 Å². The fraction of sp³-hybridized carbons (Fsp3) is 0.154. The number of aromatic amines is 3. The topological polar surface area (TPSA) is 141 Å². The van der Waals surface area contributed by atoms with E-state index in [1.54, 1.807) is 12.3 Å². The molecule has 0 saturated heterocycles. The van der Waals surface area contributed by atoms with Crippen LogP contribution in [0, 0.1) is 0 Å². The number of rotatable bonds is 4. The lowest BCUT2D eigenvalue weighted by Crippen LogP contribution is -2.37. The Kier molecular flexibility index (Phi) is 7.89. The molecular weight excluding hydrogens is 491 g/mol. The first kappa shape index (κ1) is 21.8. The second kappa shape index (κ2) is 9.43. The summed E-state index contributed by atoms with van der Waals surface area (Å²) in [6.07, 6.45) is 0.199. The molecule has 0 aromatic carbocycles. The number of hydrogen-bond acceptors (Lipinski definition) is 4. The molecule has 6 N–H and O–H groups in total. The summed E-state index contributed by atoms with van der Waals surface area (Å²) in [6, 6.07) is 1.71. The van der Waals surface area contributed by atoms with Crippen LogP contribution in [0.4, 0.5) is 19.1 Å². The fourth-order valence-corrected chi connectivity index (χ4v) is 2.09. The van der Waals surface area contributed by atoms with E-state index in [0.717, 1.165) is 14.8 Å². The number of carboxylic acids is 1. The van der Waals surface area contributed by atoms with Crippen LogP contribution in [-0.2, 0) is 4.79 Å². The summed E-state index contributed by atoms with van der Waals surface area (Å²) < 4.78 is 33.1. The molecule has 2 aromatic heterocycles. The molecule has 0 atom stereocenters. The monoisotopic (exact) mass is 501 g/mol. The van der Waals surface area contributed by atoms with Gasteiger partial charge in [-0.2, -0.15) is 13.2 Å². The van der Waals surface area contributed by atoms with Crippen molar-refractivity contribution in [2.24, 2.45) is 0 Å². The number of imidazole rings is 1. The van der Waals surface area contributed by atoms with Gasteiger partial charge in [0.1, 0.15) is 23.6 Å². The van der Waals surface area contributed by atoms with E-state index >= 15 is 0 Å². The first-order valence-corrected chi connectivity index (χ1v) is 8.22. The third-order valence-corrected chi connectivity index (χ3v) is 4.32. The third-order valence-electron chi connectivity index (χ3n) is 2.54. The van der Waals surface area contributed by atoms with E-state index in [9.17, 15) is 18.0 Å². The summed E-state index contributed by atoms with van der Waals surface area (Å²) >= 11 is 6.59. The number of amides is 1. The molecule has 26 heavy (non-hydrogen) atoms. The molecule has 1 amide bonds.